The summed E-state index contributed by atoms with van der Waals surface area (Å²) in [7, 11) is 0. The maximum atomic E-state index is 10.4. The summed E-state index contributed by atoms with van der Waals surface area (Å²) in [6.07, 6.45) is 0.464. The average Bonchev–Trinajstić information content (AvgIpc) is 1.67. The highest BCUT2D eigenvalue weighted by Gasteiger charge is 2.26. The van der Waals surface area contributed by atoms with Gasteiger partial charge in [0.2, 0.25) is 0 Å². The molecule has 0 saturated heterocycles. The molecule has 0 fully saturated rings. The molecule has 0 bridgehead atoms. The molecule has 0 unspecified atom stereocenters. The fourth-order valence-corrected chi connectivity index (χ4v) is 0.249. The summed E-state index contributed by atoms with van der Waals surface area (Å²) in [5, 5.41) is 0. The number of hydrogen-bond donors (Lipinski definition) is 0. The van der Waals surface area contributed by atoms with Crippen LogP contribution in [-0.2, 0) is 4.79 Å². The first kappa shape index (κ1) is 8.25. The van der Waals surface area contributed by atoms with Crippen molar-refractivity contribution in [3.8, 4) is 0 Å². The molecule has 0 heterocycles. The van der Waals surface area contributed by atoms with Crippen molar-refractivity contribution in [1.82, 2.24) is 0 Å². The molecule has 0 N–H and O–H groups in total. The van der Waals surface area contributed by atoms with Crippen molar-refractivity contribution < 1.29 is 4.79 Å². The third kappa shape index (κ3) is 2.01. The molecule has 0 saturated carbocycles. The summed E-state index contributed by atoms with van der Waals surface area (Å²) in [6.45, 7) is 3.14. The van der Waals surface area contributed by atoms with E-state index in [0.29, 0.717) is 6.42 Å². The van der Waals surface area contributed by atoms with E-state index in [1.165, 1.54) is 6.92 Å². The number of carbonyl (C=O) groups is 1. The first-order valence-electron chi connectivity index (χ1n) is 2.39. The van der Waals surface area contributed by atoms with E-state index < -0.39 is 4.33 Å². The molecule has 0 spiro atoms. The maximum absolute atomic E-state index is 10.4. The smallest absolute Gasteiger partial charge is 0.175 e. The fraction of sp³-hybridized carbons (Fsp3) is 0.800. The van der Waals surface area contributed by atoms with Gasteiger partial charge in [-0.1, -0.05) is 30.1 Å². The van der Waals surface area contributed by atoms with Gasteiger partial charge in [0.05, 0.1) is 0 Å². The van der Waals surface area contributed by atoms with E-state index in [1.807, 2.05) is 0 Å². The molecule has 0 rings (SSSR count). The van der Waals surface area contributed by atoms with E-state index in [1.54, 1.807) is 6.92 Å². The number of hydrogen-bond acceptors (Lipinski definition) is 1. The first-order chi connectivity index (χ1) is 3.50. The van der Waals surface area contributed by atoms with Gasteiger partial charge in [-0.15, -0.1) is 0 Å². The molecule has 8 heavy (non-hydrogen) atoms. The second kappa shape index (κ2) is 2.70. The Morgan fingerprint density at radius 1 is 1.62 bits per heavy atom. The highest BCUT2D eigenvalue weighted by molar-refractivity contribution is 6.58. The molecule has 3 heteroatoms. The van der Waals surface area contributed by atoms with Gasteiger partial charge in [0.25, 0.3) is 0 Å². The molecule has 0 amide bonds. The highest BCUT2D eigenvalue weighted by atomic mass is 35.5. The minimum absolute atomic E-state index is 0.191. The summed E-state index contributed by atoms with van der Waals surface area (Å²) >= 11 is 10.9. The van der Waals surface area contributed by atoms with Crippen molar-refractivity contribution in [2.75, 3.05) is 0 Å². The summed E-state index contributed by atoms with van der Waals surface area (Å²) in [5.74, 6) is -0.191. The summed E-state index contributed by atoms with van der Waals surface area (Å²) in [4.78, 5) is 10.4. The lowest BCUT2D eigenvalue weighted by Gasteiger charge is -2.10. The number of alkyl halides is 2. The maximum Gasteiger partial charge on any atom is 0.175 e. The Morgan fingerprint density at radius 3 is 2.00 bits per heavy atom. The van der Waals surface area contributed by atoms with Crippen molar-refractivity contribution >= 4 is 29.0 Å². The Morgan fingerprint density at radius 2 is 2.00 bits per heavy atom. The lowest BCUT2D eigenvalue weighted by molar-refractivity contribution is -0.117. The van der Waals surface area contributed by atoms with Crippen molar-refractivity contribution in [3.05, 3.63) is 0 Å². The molecule has 0 aliphatic heterocycles. The Kier molecular flexibility index (Phi) is 2.78. The zero-order valence-electron chi connectivity index (χ0n) is 4.87. The Hall–Kier alpha value is 0.250. The second-order valence-electron chi connectivity index (χ2n) is 1.61. The van der Waals surface area contributed by atoms with Gasteiger partial charge >= 0.3 is 0 Å². The molecule has 0 radical (unpaired) electrons. The van der Waals surface area contributed by atoms with Crippen LogP contribution in [0.3, 0.4) is 0 Å². The SMILES string of the molecule is CCC(Cl)(Cl)C(C)=O. The van der Waals surface area contributed by atoms with Crippen LogP contribution < -0.4 is 0 Å². The van der Waals surface area contributed by atoms with Gasteiger partial charge in [0, 0.05) is 0 Å². The van der Waals surface area contributed by atoms with Crippen molar-refractivity contribution in [2.45, 2.75) is 24.6 Å². The zero-order valence-corrected chi connectivity index (χ0v) is 6.38. The van der Waals surface area contributed by atoms with Gasteiger partial charge in [-0.2, -0.15) is 0 Å². The van der Waals surface area contributed by atoms with Crippen LogP contribution in [0.25, 0.3) is 0 Å². The van der Waals surface area contributed by atoms with Crippen LogP contribution in [0, 0.1) is 0 Å². The van der Waals surface area contributed by atoms with Crippen LogP contribution in [0.4, 0.5) is 0 Å². The lowest BCUT2D eigenvalue weighted by Crippen LogP contribution is -2.21. The van der Waals surface area contributed by atoms with Crippen LogP contribution >= 0.6 is 23.2 Å². The quantitative estimate of drug-likeness (QED) is 0.558. The van der Waals surface area contributed by atoms with Crippen LogP contribution in [0.1, 0.15) is 20.3 Å². The number of carbonyl (C=O) groups excluding carboxylic acids is 1. The van der Waals surface area contributed by atoms with Gasteiger partial charge in [0.15, 0.2) is 10.1 Å². The summed E-state index contributed by atoms with van der Waals surface area (Å²) < 4.78 is -1.15. The van der Waals surface area contributed by atoms with Crippen LogP contribution in [0.2, 0.25) is 0 Å². The van der Waals surface area contributed by atoms with E-state index in [0.717, 1.165) is 0 Å². The van der Waals surface area contributed by atoms with Crippen LogP contribution in [0.15, 0.2) is 0 Å². The predicted octanol–water partition coefficient (Wildman–Crippen LogP) is 2.16. The predicted molar refractivity (Wildman–Crippen MR) is 35.4 cm³/mol. The van der Waals surface area contributed by atoms with Gasteiger partial charge < -0.3 is 0 Å². The van der Waals surface area contributed by atoms with Crippen LogP contribution in [0.5, 0.6) is 0 Å². The molecular formula is C5H8Cl2O. The minimum Gasteiger partial charge on any atom is -0.297 e. The molecule has 0 aromatic carbocycles. The molecule has 1 nitrogen and oxygen atoms in total. The van der Waals surface area contributed by atoms with Gasteiger partial charge in [-0.25, -0.2) is 0 Å². The van der Waals surface area contributed by atoms with Crippen molar-refractivity contribution in [1.29, 1.82) is 0 Å². The number of rotatable bonds is 2. The molecule has 0 atom stereocenters. The van der Waals surface area contributed by atoms with E-state index >= 15 is 0 Å². The van der Waals surface area contributed by atoms with E-state index in [2.05, 4.69) is 0 Å². The monoisotopic (exact) mass is 154 g/mol. The Bertz CT molecular complexity index is 98.6. The van der Waals surface area contributed by atoms with Crippen LogP contribution in [-0.4, -0.2) is 10.1 Å². The summed E-state index contributed by atoms with van der Waals surface area (Å²) in [5.41, 5.74) is 0. The van der Waals surface area contributed by atoms with E-state index in [9.17, 15) is 4.79 Å². The molecule has 0 aliphatic rings. The Labute approximate surface area is 59.0 Å². The summed E-state index contributed by atoms with van der Waals surface area (Å²) in [6, 6.07) is 0. The van der Waals surface area contributed by atoms with Crippen molar-refractivity contribution in [3.63, 3.8) is 0 Å². The second-order valence-corrected chi connectivity index (χ2v) is 3.10. The molecular weight excluding hydrogens is 147 g/mol. The van der Waals surface area contributed by atoms with E-state index in [4.69, 9.17) is 23.2 Å². The lowest BCUT2D eigenvalue weighted by atomic mass is 10.2. The zero-order chi connectivity index (χ0) is 6.78. The molecule has 48 valence electrons. The average molecular weight is 155 g/mol. The van der Waals surface area contributed by atoms with E-state index in [-0.39, 0.29) is 5.78 Å². The first-order valence-corrected chi connectivity index (χ1v) is 3.15. The standard InChI is InChI=1S/C5H8Cl2O/c1-3-5(6,7)4(2)8/h3H2,1-2H3. The van der Waals surface area contributed by atoms with Gasteiger partial charge in [0.1, 0.15) is 0 Å². The topological polar surface area (TPSA) is 17.1 Å². The molecule has 0 aliphatic carbocycles. The van der Waals surface area contributed by atoms with Crippen molar-refractivity contribution in [2.24, 2.45) is 0 Å². The number of halogens is 2. The third-order valence-corrected chi connectivity index (χ3v) is 2.03. The number of ketones is 1. The molecule has 0 aromatic rings. The third-order valence-electron chi connectivity index (χ3n) is 0.959. The number of Topliss-reactive ketones (excluding diaryl/α,β-unsaturated/α-hetero) is 1. The fourth-order valence-electron chi connectivity index (χ4n) is 0.249. The highest BCUT2D eigenvalue weighted by Crippen LogP contribution is 2.25. The van der Waals surface area contributed by atoms with Gasteiger partial charge in [-0.3, -0.25) is 4.79 Å². The largest absolute Gasteiger partial charge is 0.297 e. The minimum atomic E-state index is -1.15. The Balaban J connectivity index is 3.91. The van der Waals surface area contributed by atoms with Gasteiger partial charge in [-0.05, 0) is 13.3 Å². The normalized spacial score (nSPS) is 11.5. The molecule has 0 aromatic heterocycles.